The van der Waals surface area contributed by atoms with E-state index in [2.05, 4.69) is 0 Å². The zero-order valence-corrected chi connectivity index (χ0v) is 7.07. The van der Waals surface area contributed by atoms with Gasteiger partial charge in [-0.15, -0.1) is 11.6 Å². The molecular formula is C7H15ClO. The maximum absolute atomic E-state index is 9.25. The van der Waals surface area contributed by atoms with E-state index in [1.807, 2.05) is 20.8 Å². The zero-order valence-electron chi connectivity index (χ0n) is 6.32. The Morgan fingerprint density at radius 2 is 2.00 bits per heavy atom. The Kier molecular flexibility index (Phi) is 3.52. The van der Waals surface area contributed by atoms with Crippen molar-refractivity contribution >= 4 is 11.6 Å². The molecule has 9 heavy (non-hydrogen) atoms. The van der Waals surface area contributed by atoms with Gasteiger partial charge in [0, 0.05) is 0 Å². The molecule has 1 N–H and O–H groups in total. The molecule has 0 rings (SSSR count). The number of halogens is 1. The van der Waals surface area contributed by atoms with Gasteiger partial charge < -0.3 is 5.11 Å². The van der Waals surface area contributed by atoms with Crippen LogP contribution in [0.2, 0.25) is 0 Å². The van der Waals surface area contributed by atoms with E-state index in [4.69, 9.17) is 11.6 Å². The van der Waals surface area contributed by atoms with Crippen molar-refractivity contribution < 1.29 is 5.11 Å². The quantitative estimate of drug-likeness (QED) is 0.612. The molecule has 0 bridgehead atoms. The number of hydrogen-bond acceptors (Lipinski definition) is 1. The molecule has 0 radical (unpaired) electrons. The highest BCUT2D eigenvalue weighted by molar-refractivity contribution is 6.24. The maximum Gasteiger partial charge on any atom is 0.0726 e. The smallest absolute Gasteiger partial charge is 0.0726 e. The molecule has 0 aliphatic rings. The van der Waals surface area contributed by atoms with Gasteiger partial charge in [-0.25, -0.2) is 0 Å². The molecule has 2 atom stereocenters. The van der Waals surface area contributed by atoms with E-state index in [1.54, 1.807) is 0 Å². The molecule has 2 heteroatoms. The van der Waals surface area contributed by atoms with E-state index < -0.39 is 4.87 Å². The normalized spacial score (nSPS) is 21.0. The highest BCUT2D eigenvalue weighted by atomic mass is 35.5. The average Bonchev–Trinajstić information content (AvgIpc) is 1.86. The van der Waals surface area contributed by atoms with Gasteiger partial charge in [-0.05, 0) is 19.8 Å². The average molecular weight is 151 g/mol. The van der Waals surface area contributed by atoms with Crippen molar-refractivity contribution in [2.75, 3.05) is 0 Å². The number of aliphatic hydroxyl groups is 1. The molecule has 0 amide bonds. The largest absolute Gasteiger partial charge is 0.391 e. The van der Waals surface area contributed by atoms with Crippen LogP contribution in [-0.4, -0.2) is 16.1 Å². The minimum absolute atomic E-state index is 0.371. The minimum Gasteiger partial charge on any atom is -0.391 e. The van der Waals surface area contributed by atoms with Crippen LogP contribution in [-0.2, 0) is 0 Å². The summed E-state index contributed by atoms with van der Waals surface area (Å²) in [6.07, 6.45) is 1.17. The fourth-order valence-electron chi connectivity index (χ4n) is 0.661. The van der Waals surface area contributed by atoms with E-state index in [9.17, 15) is 5.11 Å². The van der Waals surface area contributed by atoms with Gasteiger partial charge >= 0.3 is 0 Å². The lowest BCUT2D eigenvalue weighted by atomic mass is 9.99. The molecule has 1 nitrogen and oxygen atoms in total. The molecule has 0 aliphatic carbocycles. The number of alkyl halides is 1. The lowest BCUT2D eigenvalue weighted by Crippen LogP contribution is -2.31. The van der Waals surface area contributed by atoms with Crippen LogP contribution in [0, 0.1) is 0 Å². The van der Waals surface area contributed by atoms with E-state index in [1.165, 1.54) is 0 Å². The predicted molar refractivity (Wildman–Crippen MR) is 40.8 cm³/mol. The first-order valence-electron chi connectivity index (χ1n) is 3.41. The molecule has 0 aromatic rings. The third-order valence-corrected chi connectivity index (χ3v) is 2.29. The first kappa shape index (κ1) is 9.25. The van der Waals surface area contributed by atoms with Gasteiger partial charge in [0.1, 0.15) is 0 Å². The second kappa shape index (κ2) is 3.43. The van der Waals surface area contributed by atoms with Gasteiger partial charge in [-0.2, -0.15) is 0 Å². The van der Waals surface area contributed by atoms with Crippen molar-refractivity contribution in [3.8, 4) is 0 Å². The highest BCUT2D eigenvalue weighted by Gasteiger charge is 2.26. The van der Waals surface area contributed by atoms with Gasteiger partial charge in [-0.1, -0.05) is 13.8 Å². The van der Waals surface area contributed by atoms with Crippen LogP contribution >= 0.6 is 11.6 Å². The Morgan fingerprint density at radius 3 is 2.11 bits per heavy atom. The van der Waals surface area contributed by atoms with Crippen LogP contribution in [0.4, 0.5) is 0 Å². The van der Waals surface area contributed by atoms with Crippen molar-refractivity contribution in [3.05, 3.63) is 0 Å². The molecule has 0 spiro atoms. The third kappa shape index (κ3) is 2.55. The van der Waals surface area contributed by atoms with E-state index in [0.717, 1.165) is 12.8 Å². The van der Waals surface area contributed by atoms with Crippen LogP contribution in [0.15, 0.2) is 0 Å². The summed E-state index contributed by atoms with van der Waals surface area (Å²) in [5.41, 5.74) is 0. The summed E-state index contributed by atoms with van der Waals surface area (Å²) in [6, 6.07) is 0. The third-order valence-electron chi connectivity index (χ3n) is 1.77. The second-order valence-electron chi connectivity index (χ2n) is 2.56. The summed E-state index contributed by atoms with van der Waals surface area (Å²) in [5.74, 6) is 0. The minimum atomic E-state index is -0.422. The molecule has 0 aliphatic heterocycles. The molecule has 0 aromatic carbocycles. The number of aliphatic hydroxyl groups excluding tert-OH is 1. The summed E-state index contributed by atoms with van der Waals surface area (Å²) in [5, 5.41) is 9.25. The topological polar surface area (TPSA) is 20.2 Å². The van der Waals surface area contributed by atoms with Crippen LogP contribution < -0.4 is 0 Å². The predicted octanol–water partition coefficient (Wildman–Crippen LogP) is 2.16. The molecule has 0 aromatic heterocycles. The van der Waals surface area contributed by atoms with Crippen LogP contribution in [0.3, 0.4) is 0 Å². The Bertz CT molecular complexity index is 81.0. The summed E-state index contributed by atoms with van der Waals surface area (Å²) >= 11 is 5.92. The Morgan fingerprint density at radius 1 is 1.56 bits per heavy atom. The summed E-state index contributed by atoms with van der Waals surface area (Å²) in [6.45, 7) is 5.77. The van der Waals surface area contributed by atoms with Crippen LogP contribution in [0.5, 0.6) is 0 Å². The van der Waals surface area contributed by atoms with Crippen molar-refractivity contribution in [1.82, 2.24) is 0 Å². The summed E-state index contributed by atoms with van der Waals surface area (Å²) < 4.78 is 0. The fraction of sp³-hybridized carbons (Fsp3) is 1.00. The van der Waals surface area contributed by atoms with Crippen molar-refractivity contribution in [3.63, 3.8) is 0 Å². The van der Waals surface area contributed by atoms with Gasteiger partial charge in [0.15, 0.2) is 0 Å². The second-order valence-corrected chi connectivity index (χ2v) is 3.42. The molecule has 2 unspecified atom stereocenters. The molecular weight excluding hydrogens is 136 g/mol. The van der Waals surface area contributed by atoms with Gasteiger partial charge in [0.25, 0.3) is 0 Å². The standard InChI is InChI=1S/C7H15ClO/c1-4-6(9)7(3,8)5-2/h6,9H,4-5H2,1-3H3. The monoisotopic (exact) mass is 150 g/mol. The van der Waals surface area contributed by atoms with Crippen molar-refractivity contribution in [2.24, 2.45) is 0 Å². The number of hydrogen-bond donors (Lipinski definition) is 1. The van der Waals surface area contributed by atoms with Crippen molar-refractivity contribution in [2.45, 2.75) is 44.6 Å². The van der Waals surface area contributed by atoms with E-state index >= 15 is 0 Å². The maximum atomic E-state index is 9.25. The van der Waals surface area contributed by atoms with Crippen LogP contribution in [0.1, 0.15) is 33.6 Å². The van der Waals surface area contributed by atoms with Gasteiger partial charge in [0.05, 0.1) is 11.0 Å². The summed E-state index contributed by atoms with van der Waals surface area (Å²) in [7, 11) is 0. The Hall–Kier alpha value is 0.250. The lowest BCUT2D eigenvalue weighted by molar-refractivity contribution is 0.125. The first-order chi connectivity index (χ1) is 4.04. The van der Waals surface area contributed by atoms with Gasteiger partial charge in [-0.3, -0.25) is 0 Å². The van der Waals surface area contributed by atoms with E-state index in [0.29, 0.717) is 0 Å². The fourth-order valence-corrected chi connectivity index (χ4v) is 0.816. The van der Waals surface area contributed by atoms with Crippen molar-refractivity contribution in [1.29, 1.82) is 0 Å². The molecule has 0 heterocycles. The molecule has 0 saturated heterocycles. The number of rotatable bonds is 3. The highest BCUT2D eigenvalue weighted by Crippen LogP contribution is 2.24. The lowest BCUT2D eigenvalue weighted by Gasteiger charge is -2.25. The molecule has 56 valence electrons. The zero-order chi connectivity index (χ0) is 7.49. The van der Waals surface area contributed by atoms with E-state index in [-0.39, 0.29) is 6.10 Å². The Labute approximate surface area is 62.0 Å². The van der Waals surface area contributed by atoms with Crippen LogP contribution in [0.25, 0.3) is 0 Å². The SMILES string of the molecule is CCC(O)C(C)(Cl)CC. The van der Waals surface area contributed by atoms with Gasteiger partial charge in [0.2, 0.25) is 0 Å². The Balaban J connectivity index is 3.80. The molecule has 0 fully saturated rings. The first-order valence-corrected chi connectivity index (χ1v) is 3.79. The summed E-state index contributed by atoms with van der Waals surface area (Å²) in [4.78, 5) is -0.422. The molecule has 0 saturated carbocycles.